The molecule has 3 radical (unpaired) electrons. The van der Waals surface area contributed by atoms with Crippen LogP contribution in [0.25, 0.3) is 44.5 Å². The van der Waals surface area contributed by atoms with Crippen molar-refractivity contribution in [3.05, 3.63) is 97.1 Å². The number of benzene rings is 4. The average molecular weight is 382 g/mol. The van der Waals surface area contributed by atoms with E-state index in [0.29, 0.717) is 0 Å². The Morgan fingerprint density at radius 2 is 0.467 bits per heavy atom. The van der Waals surface area contributed by atoms with Crippen LogP contribution in [0.1, 0.15) is 0 Å². The summed E-state index contributed by atoms with van der Waals surface area (Å²) in [5.41, 5.74) is 10.4. The van der Waals surface area contributed by atoms with Crippen LogP contribution < -0.4 is 15.4 Å². The highest BCUT2D eigenvalue weighted by Gasteiger charge is 2.20. The van der Waals surface area contributed by atoms with Crippen molar-refractivity contribution in [1.29, 1.82) is 0 Å². The van der Waals surface area contributed by atoms with E-state index in [4.69, 9.17) is 0 Å². The minimum atomic E-state index is 1.30. The third-order valence-corrected chi connectivity index (χ3v) is 5.37. The number of hydrogen-bond acceptors (Lipinski definition) is 3. The van der Waals surface area contributed by atoms with Crippen LogP contribution in [0.15, 0.2) is 97.1 Å². The number of nitrogens with one attached hydrogen (secondary N) is 3. The molecule has 0 spiro atoms. The maximum atomic E-state index is 2.78. The first-order valence-corrected chi connectivity index (χ1v) is 10.0. The van der Waals surface area contributed by atoms with Crippen molar-refractivity contribution >= 4 is 22.6 Å². The van der Waals surface area contributed by atoms with Crippen molar-refractivity contribution < 1.29 is 0 Å². The molecule has 0 unspecified atom stereocenters. The number of fused-ring (bicyclic) bond motifs is 8. The Labute approximate surface area is 179 Å². The Morgan fingerprint density at radius 3 is 0.600 bits per heavy atom. The summed E-state index contributed by atoms with van der Waals surface area (Å²) in [5, 5.41) is 8.34. The van der Waals surface area contributed by atoms with Gasteiger partial charge in [0.15, 0.2) is 0 Å². The zero-order chi connectivity index (χ0) is 20.2. The van der Waals surface area contributed by atoms with E-state index in [2.05, 4.69) is 112 Å². The van der Waals surface area contributed by atoms with E-state index in [1.807, 2.05) is 0 Å². The largest absolute Gasteiger partial charge is 0.379 e. The molecular formula is C24H19B3N3. The summed E-state index contributed by atoms with van der Waals surface area (Å²) in [5.74, 6) is 0. The smallest absolute Gasteiger partial charge is 0.284 e. The van der Waals surface area contributed by atoms with Gasteiger partial charge in [-0.3, -0.25) is 0 Å². The van der Waals surface area contributed by atoms with E-state index in [1.54, 1.807) is 22.6 Å². The lowest BCUT2D eigenvalue weighted by molar-refractivity contribution is 1.28. The highest BCUT2D eigenvalue weighted by molar-refractivity contribution is 6.65. The molecule has 6 heteroatoms. The average Bonchev–Trinajstić information content (AvgIpc) is 2.85. The second-order valence-electron chi connectivity index (χ2n) is 7.12. The van der Waals surface area contributed by atoms with Gasteiger partial charge in [-0.05, 0) is 44.5 Å². The van der Waals surface area contributed by atoms with Crippen LogP contribution in [0.5, 0.6) is 0 Å². The molecule has 0 bridgehead atoms. The zero-order valence-corrected chi connectivity index (χ0v) is 16.5. The SMILES string of the molecule is [B]1N[B]N[B]N1.c1ccc2c(c1)-c1ccccc1-c1ccccc1-c1ccccc1-2. The summed E-state index contributed by atoms with van der Waals surface area (Å²) in [4.78, 5) is 0. The zero-order valence-electron chi connectivity index (χ0n) is 16.5. The second-order valence-corrected chi connectivity index (χ2v) is 7.12. The first-order valence-electron chi connectivity index (χ1n) is 10.0. The van der Waals surface area contributed by atoms with Crippen molar-refractivity contribution in [3.63, 3.8) is 0 Å². The molecule has 1 fully saturated rings. The van der Waals surface area contributed by atoms with E-state index in [9.17, 15) is 0 Å². The van der Waals surface area contributed by atoms with Gasteiger partial charge in [-0.1, -0.05) is 97.1 Å². The minimum Gasteiger partial charge on any atom is -0.379 e. The molecule has 139 valence electrons. The standard InChI is InChI=1S/C24H16.B3H3N3/c1-2-10-18-17(9-1)19-11-3-4-13-21(19)23-15-7-8-16-24(23)22-14-6-5-12-20(18)22;1-4-2-6-3-5-1/h1-16H;4-6H. The molecule has 0 amide bonds. The summed E-state index contributed by atoms with van der Waals surface area (Å²) in [6.45, 7) is 0. The van der Waals surface area contributed by atoms with E-state index >= 15 is 0 Å². The van der Waals surface area contributed by atoms with Crippen LogP contribution in [-0.4, -0.2) is 22.6 Å². The van der Waals surface area contributed by atoms with Crippen molar-refractivity contribution in [1.82, 2.24) is 15.4 Å². The van der Waals surface area contributed by atoms with Crippen LogP contribution in [0.4, 0.5) is 0 Å². The lowest BCUT2D eigenvalue weighted by Crippen LogP contribution is -2.55. The molecule has 6 rings (SSSR count). The number of rotatable bonds is 0. The Kier molecular flexibility index (Phi) is 5.53. The molecule has 0 atom stereocenters. The molecule has 0 saturated carbocycles. The topological polar surface area (TPSA) is 36.1 Å². The van der Waals surface area contributed by atoms with Crippen LogP contribution in [-0.2, 0) is 0 Å². The number of hydrogen-bond donors (Lipinski definition) is 3. The van der Waals surface area contributed by atoms with Crippen molar-refractivity contribution in [2.45, 2.75) is 0 Å². The highest BCUT2D eigenvalue weighted by Crippen LogP contribution is 2.46. The van der Waals surface area contributed by atoms with Crippen molar-refractivity contribution in [2.24, 2.45) is 0 Å². The Hall–Kier alpha value is -3.05. The van der Waals surface area contributed by atoms with Crippen molar-refractivity contribution in [3.8, 4) is 44.5 Å². The molecule has 4 aromatic carbocycles. The molecule has 2 aliphatic rings. The quantitative estimate of drug-likeness (QED) is 0.354. The fourth-order valence-electron chi connectivity index (χ4n) is 4.08. The van der Waals surface area contributed by atoms with Gasteiger partial charge in [0.1, 0.15) is 0 Å². The van der Waals surface area contributed by atoms with Gasteiger partial charge < -0.3 is 15.4 Å². The van der Waals surface area contributed by atoms with Gasteiger partial charge in [0.2, 0.25) is 0 Å². The Morgan fingerprint density at radius 1 is 0.300 bits per heavy atom. The van der Waals surface area contributed by atoms with Crippen LogP contribution >= 0.6 is 0 Å². The molecule has 3 nitrogen and oxygen atoms in total. The van der Waals surface area contributed by atoms with E-state index in [1.165, 1.54) is 44.5 Å². The maximum absolute atomic E-state index is 2.78. The molecule has 1 saturated heterocycles. The molecule has 4 aromatic rings. The van der Waals surface area contributed by atoms with Crippen molar-refractivity contribution in [2.75, 3.05) is 0 Å². The fourth-order valence-corrected chi connectivity index (χ4v) is 4.08. The third-order valence-electron chi connectivity index (χ3n) is 5.37. The molecule has 1 aliphatic heterocycles. The molecule has 1 aliphatic carbocycles. The Balaban J connectivity index is 0.000000279. The molecule has 3 N–H and O–H groups in total. The van der Waals surface area contributed by atoms with E-state index < -0.39 is 0 Å². The fraction of sp³-hybridized carbons (Fsp3) is 0. The lowest BCUT2D eigenvalue weighted by atomic mass is 9.81. The van der Waals surface area contributed by atoms with Gasteiger partial charge in [-0.2, -0.15) is 0 Å². The summed E-state index contributed by atoms with van der Waals surface area (Å²) in [6, 6.07) is 34.9. The second kappa shape index (κ2) is 8.76. The summed E-state index contributed by atoms with van der Waals surface area (Å²) < 4.78 is 0. The van der Waals surface area contributed by atoms with Gasteiger partial charge in [0, 0.05) is 0 Å². The highest BCUT2D eigenvalue weighted by atomic mass is 15.0. The first-order chi connectivity index (χ1) is 14.9. The van der Waals surface area contributed by atoms with Gasteiger partial charge >= 0.3 is 0 Å². The van der Waals surface area contributed by atoms with E-state index in [-0.39, 0.29) is 0 Å². The van der Waals surface area contributed by atoms with Gasteiger partial charge in [0.05, 0.1) is 0 Å². The normalized spacial score (nSPS) is 13.1. The van der Waals surface area contributed by atoms with Gasteiger partial charge in [0.25, 0.3) is 22.6 Å². The predicted octanol–water partition coefficient (Wildman–Crippen LogP) is 4.04. The molecular weight excluding hydrogens is 363 g/mol. The van der Waals surface area contributed by atoms with Gasteiger partial charge in [-0.15, -0.1) is 0 Å². The third kappa shape index (κ3) is 3.61. The Bertz CT molecular complexity index is 877. The minimum absolute atomic E-state index is 1.30. The first kappa shape index (κ1) is 19.0. The van der Waals surface area contributed by atoms with Gasteiger partial charge in [-0.25, -0.2) is 0 Å². The summed E-state index contributed by atoms with van der Waals surface area (Å²) in [6.07, 6.45) is 0. The molecule has 1 heterocycles. The molecule has 30 heavy (non-hydrogen) atoms. The molecule has 0 aromatic heterocycles. The monoisotopic (exact) mass is 382 g/mol. The van der Waals surface area contributed by atoms with Crippen LogP contribution in [0, 0.1) is 0 Å². The van der Waals surface area contributed by atoms with E-state index in [0.717, 1.165) is 0 Å². The predicted molar refractivity (Wildman–Crippen MR) is 128 cm³/mol. The van der Waals surface area contributed by atoms with Crippen LogP contribution in [0.2, 0.25) is 0 Å². The summed E-state index contributed by atoms with van der Waals surface area (Å²) in [7, 11) is 5.16. The lowest BCUT2D eigenvalue weighted by Gasteiger charge is -2.22. The van der Waals surface area contributed by atoms with Crippen LogP contribution in [0.3, 0.4) is 0 Å². The summed E-state index contributed by atoms with van der Waals surface area (Å²) >= 11 is 0. The maximum Gasteiger partial charge on any atom is 0.284 e.